The van der Waals surface area contributed by atoms with Gasteiger partial charge in [0.1, 0.15) is 0 Å². The lowest BCUT2D eigenvalue weighted by Crippen LogP contribution is -2.45. The molecule has 2 rings (SSSR count). The van der Waals surface area contributed by atoms with E-state index in [0.29, 0.717) is 24.5 Å². The zero-order valence-corrected chi connectivity index (χ0v) is 18.6. The van der Waals surface area contributed by atoms with Crippen LogP contribution in [0.1, 0.15) is 76.2 Å². The summed E-state index contributed by atoms with van der Waals surface area (Å²) in [7, 11) is 3.19. The first kappa shape index (κ1) is 24.0. The van der Waals surface area contributed by atoms with Crippen LogP contribution in [0.4, 0.5) is 0 Å². The molecule has 168 valence electrons. The fraction of sp³-hybridized carbons (Fsp3) is 0.667. The summed E-state index contributed by atoms with van der Waals surface area (Å²) in [6.45, 7) is 0.395. The van der Waals surface area contributed by atoms with Crippen LogP contribution in [0.5, 0.6) is 11.5 Å². The van der Waals surface area contributed by atoms with Crippen LogP contribution in [0.2, 0.25) is 0 Å². The van der Waals surface area contributed by atoms with E-state index in [-0.39, 0.29) is 6.04 Å². The van der Waals surface area contributed by atoms with Crippen LogP contribution in [0.15, 0.2) is 18.2 Å². The van der Waals surface area contributed by atoms with Gasteiger partial charge in [-0.3, -0.25) is 9.59 Å². The summed E-state index contributed by atoms with van der Waals surface area (Å²) in [4.78, 5) is 24.6. The third-order valence-electron chi connectivity index (χ3n) is 5.79. The SMILES string of the molecule is COc1ccc(CCNC(=O)C(=O)NC2CCCCCCCCCCC2)cc1OC. The van der Waals surface area contributed by atoms with Gasteiger partial charge < -0.3 is 20.1 Å². The van der Waals surface area contributed by atoms with E-state index in [1.54, 1.807) is 14.2 Å². The summed E-state index contributed by atoms with van der Waals surface area (Å²) in [5.41, 5.74) is 1.01. The molecule has 2 amide bonds. The molecule has 0 saturated heterocycles. The van der Waals surface area contributed by atoms with Gasteiger partial charge in [-0.05, 0) is 37.0 Å². The Balaban J connectivity index is 1.76. The van der Waals surface area contributed by atoms with Gasteiger partial charge in [0.2, 0.25) is 0 Å². The summed E-state index contributed by atoms with van der Waals surface area (Å²) in [5.74, 6) is 0.254. The molecule has 2 N–H and O–H groups in total. The van der Waals surface area contributed by atoms with Gasteiger partial charge >= 0.3 is 11.8 Å². The Kier molecular flexibility index (Phi) is 11.1. The van der Waals surface area contributed by atoms with Crippen molar-refractivity contribution in [2.24, 2.45) is 0 Å². The number of nitrogens with one attached hydrogen (secondary N) is 2. The lowest BCUT2D eigenvalue weighted by molar-refractivity contribution is -0.139. The molecule has 30 heavy (non-hydrogen) atoms. The average Bonchev–Trinajstić information content (AvgIpc) is 2.75. The molecule has 1 aromatic rings. The first-order chi connectivity index (χ1) is 14.6. The molecule has 0 spiro atoms. The largest absolute Gasteiger partial charge is 0.493 e. The summed E-state index contributed by atoms with van der Waals surface area (Å²) >= 11 is 0. The molecule has 1 aliphatic carbocycles. The number of methoxy groups -OCH3 is 2. The number of carbonyl (C=O) groups excluding carboxylic acids is 2. The summed E-state index contributed by atoms with van der Waals surface area (Å²) in [6, 6.07) is 5.76. The number of amides is 2. The molecule has 0 unspecified atom stereocenters. The molecular formula is C24H38N2O4. The Morgan fingerprint density at radius 1 is 0.833 bits per heavy atom. The maximum Gasteiger partial charge on any atom is 0.309 e. The third kappa shape index (κ3) is 8.64. The zero-order valence-electron chi connectivity index (χ0n) is 18.6. The first-order valence-corrected chi connectivity index (χ1v) is 11.4. The number of hydrogen-bond acceptors (Lipinski definition) is 4. The van der Waals surface area contributed by atoms with E-state index in [1.165, 1.54) is 44.9 Å². The fourth-order valence-corrected chi connectivity index (χ4v) is 4.00. The molecule has 0 bridgehead atoms. The average molecular weight is 419 g/mol. The minimum absolute atomic E-state index is 0.105. The van der Waals surface area contributed by atoms with Crippen molar-refractivity contribution in [2.75, 3.05) is 20.8 Å². The highest BCUT2D eigenvalue weighted by Gasteiger charge is 2.18. The standard InChI is InChI=1S/C24H38N2O4/c1-29-21-15-14-19(18-22(21)30-2)16-17-25-23(27)24(28)26-20-12-10-8-6-4-3-5-7-9-11-13-20/h14-15,18,20H,3-13,16-17H2,1-2H3,(H,25,27)(H,26,28). The summed E-state index contributed by atoms with van der Waals surface area (Å²) < 4.78 is 10.5. The van der Waals surface area contributed by atoms with Crippen molar-refractivity contribution < 1.29 is 19.1 Å². The molecule has 0 aromatic heterocycles. The molecule has 0 atom stereocenters. The van der Waals surface area contributed by atoms with Crippen molar-refractivity contribution >= 4 is 11.8 Å². The molecule has 1 saturated carbocycles. The molecular weight excluding hydrogens is 380 g/mol. The fourth-order valence-electron chi connectivity index (χ4n) is 4.00. The van der Waals surface area contributed by atoms with E-state index >= 15 is 0 Å². The predicted octanol–water partition coefficient (Wildman–Crippen LogP) is 4.15. The second-order valence-electron chi connectivity index (χ2n) is 8.12. The molecule has 1 fully saturated rings. The second kappa shape index (κ2) is 13.9. The minimum atomic E-state index is -0.554. The Morgan fingerprint density at radius 3 is 1.97 bits per heavy atom. The van der Waals surface area contributed by atoms with Gasteiger partial charge in [-0.2, -0.15) is 0 Å². The van der Waals surface area contributed by atoms with Crippen LogP contribution in [-0.2, 0) is 16.0 Å². The molecule has 0 aliphatic heterocycles. The third-order valence-corrected chi connectivity index (χ3v) is 5.79. The van der Waals surface area contributed by atoms with Crippen LogP contribution in [-0.4, -0.2) is 38.6 Å². The van der Waals surface area contributed by atoms with E-state index in [9.17, 15) is 9.59 Å². The molecule has 6 heteroatoms. The van der Waals surface area contributed by atoms with E-state index in [2.05, 4.69) is 10.6 Å². The van der Waals surface area contributed by atoms with Crippen molar-refractivity contribution in [3.8, 4) is 11.5 Å². The normalized spacial score (nSPS) is 16.6. The number of ether oxygens (including phenoxy) is 2. The smallest absolute Gasteiger partial charge is 0.309 e. The van der Waals surface area contributed by atoms with Gasteiger partial charge in [0.15, 0.2) is 11.5 Å². The highest BCUT2D eigenvalue weighted by atomic mass is 16.5. The van der Waals surface area contributed by atoms with Crippen molar-refractivity contribution in [3.63, 3.8) is 0 Å². The number of rotatable bonds is 6. The Labute approximate surface area is 181 Å². The maximum absolute atomic E-state index is 12.4. The second-order valence-corrected chi connectivity index (χ2v) is 8.12. The number of carbonyl (C=O) groups is 2. The van der Waals surface area contributed by atoms with E-state index in [0.717, 1.165) is 31.2 Å². The Morgan fingerprint density at radius 2 is 1.40 bits per heavy atom. The topological polar surface area (TPSA) is 76.7 Å². The molecule has 1 aliphatic rings. The molecule has 0 heterocycles. The number of benzene rings is 1. The van der Waals surface area contributed by atoms with Crippen LogP contribution >= 0.6 is 0 Å². The minimum Gasteiger partial charge on any atom is -0.493 e. The summed E-state index contributed by atoms with van der Waals surface area (Å²) in [5, 5.41) is 5.70. The molecule has 0 radical (unpaired) electrons. The number of hydrogen-bond donors (Lipinski definition) is 2. The van der Waals surface area contributed by atoms with Gasteiger partial charge in [-0.15, -0.1) is 0 Å². The molecule has 6 nitrogen and oxygen atoms in total. The Hall–Kier alpha value is -2.24. The monoisotopic (exact) mass is 418 g/mol. The molecule has 1 aromatic carbocycles. The summed E-state index contributed by atoms with van der Waals surface area (Å²) in [6.07, 6.45) is 13.7. The first-order valence-electron chi connectivity index (χ1n) is 11.4. The highest BCUT2D eigenvalue weighted by Crippen LogP contribution is 2.27. The van der Waals surface area contributed by atoms with Crippen LogP contribution < -0.4 is 20.1 Å². The van der Waals surface area contributed by atoms with E-state index in [4.69, 9.17) is 9.47 Å². The van der Waals surface area contributed by atoms with Gasteiger partial charge in [-0.25, -0.2) is 0 Å². The zero-order chi connectivity index (χ0) is 21.6. The van der Waals surface area contributed by atoms with Crippen LogP contribution in [0, 0.1) is 0 Å². The predicted molar refractivity (Wildman–Crippen MR) is 119 cm³/mol. The lowest BCUT2D eigenvalue weighted by atomic mass is 9.98. The maximum atomic E-state index is 12.4. The van der Waals surface area contributed by atoms with E-state index in [1.807, 2.05) is 18.2 Å². The van der Waals surface area contributed by atoms with Gasteiger partial charge in [0, 0.05) is 12.6 Å². The van der Waals surface area contributed by atoms with Crippen molar-refractivity contribution in [3.05, 3.63) is 23.8 Å². The van der Waals surface area contributed by atoms with Crippen molar-refractivity contribution in [1.29, 1.82) is 0 Å². The van der Waals surface area contributed by atoms with Crippen LogP contribution in [0.25, 0.3) is 0 Å². The van der Waals surface area contributed by atoms with Crippen molar-refractivity contribution in [1.82, 2.24) is 10.6 Å². The van der Waals surface area contributed by atoms with E-state index < -0.39 is 11.8 Å². The van der Waals surface area contributed by atoms with Gasteiger partial charge in [0.05, 0.1) is 14.2 Å². The van der Waals surface area contributed by atoms with Crippen molar-refractivity contribution in [2.45, 2.75) is 83.1 Å². The lowest BCUT2D eigenvalue weighted by Gasteiger charge is -2.19. The quantitative estimate of drug-likeness (QED) is 0.681. The van der Waals surface area contributed by atoms with Crippen LogP contribution in [0.3, 0.4) is 0 Å². The van der Waals surface area contributed by atoms with Gasteiger partial charge in [0.25, 0.3) is 0 Å². The Bertz CT molecular complexity index is 651. The van der Waals surface area contributed by atoms with Gasteiger partial charge in [-0.1, -0.05) is 63.9 Å². The highest BCUT2D eigenvalue weighted by molar-refractivity contribution is 6.35.